The zero-order chi connectivity index (χ0) is 8.27. The Bertz CT molecular complexity index is 247. The lowest BCUT2D eigenvalue weighted by molar-refractivity contribution is 0.425. The molecule has 0 aliphatic carbocycles. The molecule has 0 saturated carbocycles. The summed E-state index contributed by atoms with van der Waals surface area (Å²) in [6, 6.07) is 3.09. The van der Waals surface area contributed by atoms with Crippen LogP contribution in [-0.2, 0) is 6.54 Å². The van der Waals surface area contributed by atoms with Gasteiger partial charge in [0.05, 0.1) is 5.69 Å². The number of halogens is 1. The molecule has 0 atom stereocenters. The smallest absolute Gasteiger partial charge is 0.423 e. The summed E-state index contributed by atoms with van der Waals surface area (Å²) in [5.41, 5.74) is 6.36. The average Bonchev–Trinajstić information content (AvgIpc) is 2.05. The van der Waals surface area contributed by atoms with Gasteiger partial charge in [0.2, 0.25) is 0 Å². The van der Waals surface area contributed by atoms with Gasteiger partial charge in [-0.15, -0.1) is 12.4 Å². The van der Waals surface area contributed by atoms with E-state index < -0.39 is 7.12 Å². The summed E-state index contributed by atoms with van der Waals surface area (Å²) in [6.07, 6.45) is 1.50. The Morgan fingerprint density at radius 1 is 1.50 bits per heavy atom. The molecule has 0 spiro atoms. The lowest BCUT2D eigenvalue weighted by atomic mass is 9.81. The molecule has 1 rings (SSSR count). The zero-order valence-electron chi connectivity index (χ0n) is 6.34. The molecule has 0 aromatic carbocycles. The van der Waals surface area contributed by atoms with Gasteiger partial charge >= 0.3 is 7.12 Å². The van der Waals surface area contributed by atoms with Gasteiger partial charge in [-0.3, -0.25) is 4.98 Å². The predicted molar refractivity (Wildman–Crippen MR) is 49.2 cm³/mol. The minimum Gasteiger partial charge on any atom is -0.423 e. The molecule has 0 amide bonds. The first-order valence-corrected chi connectivity index (χ1v) is 3.25. The highest BCUT2D eigenvalue weighted by molar-refractivity contribution is 6.58. The minimum atomic E-state index is -1.44. The second kappa shape index (κ2) is 5.11. The molecule has 0 saturated heterocycles. The molecule has 0 aliphatic heterocycles. The summed E-state index contributed by atoms with van der Waals surface area (Å²) in [5, 5.41) is 17.5. The summed E-state index contributed by atoms with van der Waals surface area (Å²) in [4.78, 5) is 3.89. The van der Waals surface area contributed by atoms with Gasteiger partial charge in [0, 0.05) is 12.7 Å². The number of nitrogens with zero attached hydrogens (tertiary/aromatic N) is 1. The number of hydrogen-bond acceptors (Lipinski definition) is 4. The van der Waals surface area contributed by atoms with Gasteiger partial charge < -0.3 is 15.8 Å². The second-order valence-electron chi connectivity index (χ2n) is 2.16. The summed E-state index contributed by atoms with van der Waals surface area (Å²) in [5.74, 6) is 0. The maximum Gasteiger partial charge on any atom is 0.488 e. The van der Waals surface area contributed by atoms with Crippen molar-refractivity contribution in [1.82, 2.24) is 4.98 Å². The molecule has 6 heteroatoms. The average molecular weight is 188 g/mol. The van der Waals surface area contributed by atoms with Crippen molar-refractivity contribution in [2.75, 3.05) is 0 Å². The Kier molecular flexibility index (Phi) is 4.84. The second-order valence-corrected chi connectivity index (χ2v) is 2.16. The van der Waals surface area contributed by atoms with Crippen molar-refractivity contribution in [3.8, 4) is 0 Å². The van der Waals surface area contributed by atoms with Crippen LogP contribution in [0.3, 0.4) is 0 Å². The van der Waals surface area contributed by atoms with Crippen molar-refractivity contribution < 1.29 is 10.0 Å². The summed E-state index contributed by atoms with van der Waals surface area (Å²) in [6.45, 7) is 0.306. The first kappa shape index (κ1) is 11.4. The van der Waals surface area contributed by atoms with Crippen LogP contribution in [0.5, 0.6) is 0 Å². The normalized spacial score (nSPS) is 8.92. The lowest BCUT2D eigenvalue weighted by Gasteiger charge is -1.99. The van der Waals surface area contributed by atoms with Crippen LogP contribution in [0.1, 0.15) is 5.69 Å². The Hall–Kier alpha value is -0.615. The van der Waals surface area contributed by atoms with Crippen molar-refractivity contribution in [3.63, 3.8) is 0 Å². The Morgan fingerprint density at radius 2 is 2.17 bits per heavy atom. The van der Waals surface area contributed by atoms with Gasteiger partial charge in [0.1, 0.15) is 0 Å². The first-order chi connectivity index (χ1) is 5.24. The molecule has 0 radical (unpaired) electrons. The fourth-order valence-corrected chi connectivity index (χ4v) is 0.769. The number of pyridine rings is 1. The van der Waals surface area contributed by atoms with E-state index in [9.17, 15) is 0 Å². The summed E-state index contributed by atoms with van der Waals surface area (Å²) < 4.78 is 0. The molecule has 0 bridgehead atoms. The molecular formula is C6H10BClN2O2. The molecule has 1 aromatic rings. The van der Waals surface area contributed by atoms with Gasteiger partial charge in [0.15, 0.2) is 0 Å². The summed E-state index contributed by atoms with van der Waals surface area (Å²) >= 11 is 0. The monoisotopic (exact) mass is 188 g/mol. The van der Waals surface area contributed by atoms with Crippen LogP contribution in [-0.4, -0.2) is 22.2 Å². The van der Waals surface area contributed by atoms with Crippen LogP contribution in [0.2, 0.25) is 0 Å². The van der Waals surface area contributed by atoms with Gasteiger partial charge in [-0.1, -0.05) is 0 Å². The van der Waals surface area contributed by atoms with E-state index >= 15 is 0 Å². The van der Waals surface area contributed by atoms with Crippen molar-refractivity contribution in [2.45, 2.75) is 6.54 Å². The van der Waals surface area contributed by atoms with Crippen LogP contribution >= 0.6 is 12.4 Å². The molecule has 1 heterocycles. The molecule has 0 aliphatic rings. The van der Waals surface area contributed by atoms with Gasteiger partial charge in [0.25, 0.3) is 0 Å². The number of aromatic nitrogens is 1. The van der Waals surface area contributed by atoms with E-state index in [1.54, 1.807) is 6.07 Å². The molecule has 1 aromatic heterocycles. The van der Waals surface area contributed by atoms with Crippen LogP contribution in [0, 0.1) is 0 Å². The maximum atomic E-state index is 8.73. The standard InChI is InChI=1S/C6H9BN2O2.ClH/c8-4-6-3-5(7(10)11)1-2-9-6;/h1-3,10-11H,4,8H2;1H. The highest BCUT2D eigenvalue weighted by Crippen LogP contribution is 1.88. The van der Waals surface area contributed by atoms with Crippen LogP contribution in [0.25, 0.3) is 0 Å². The lowest BCUT2D eigenvalue weighted by Crippen LogP contribution is -2.30. The third-order valence-electron chi connectivity index (χ3n) is 1.35. The molecular weight excluding hydrogens is 178 g/mol. The number of nitrogens with two attached hydrogens (primary N) is 1. The highest BCUT2D eigenvalue weighted by atomic mass is 35.5. The Labute approximate surface area is 77.0 Å². The largest absolute Gasteiger partial charge is 0.488 e. The number of rotatable bonds is 2. The van der Waals surface area contributed by atoms with Gasteiger partial charge in [-0.05, 0) is 17.6 Å². The van der Waals surface area contributed by atoms with Gasteiger partial charge in [-0.25, -0.2) is 0 Å². The topological polar surface area (TPSA) is 79.4 Å². The van der Waals surface area contributed by atoms with E-state index in [0.29, 0.717) is 17.7 Å². The zero-order valence-corrected chi connectivity index (χ0v) is 7.16. The Balaban J connectivity index is 0.00000121. The van der Waals surface area contributed by atoms with E-state index in [-0.39, 0.29) is 12.4 Å². The quantitative estimate of drug-likeness (QED) is 0.501. The minimum absolute atomic E-state index is 0. The van der Waals surface area contributed by atoms with E-state index in [0.717, 1.165) is 0 Å². The fraction of sp³-hybridized carbons (Fsp3) is 0.167. The van der Waals surface area contributed by atoms with Crippen LogP contribution in [0.4, 0.5) is 0 Å². The maximum absolute atomic E-state index is 8.73. The van der Waals surface area contributed by atoms with Gasteiger partial charge in [-0.2, -0.15) is 0 Å². The Morgan fingerprint density at radius 3 is 2.67 bits per heavy atom. The predicted octanol–water partition coefficient (Wildman–Crippen LogP) is -1.36. The van der Waals surface area contributed by atoms with Crippen LogP contribution in [0.15, 0.2) is 18.3 Å². The highest BCUT2D eigenvalue weighted by Gasteiger charge is 2.10. The fourth-order valence-electron chi connectivity index (χ4n) is 0.769. The molecule has 0 unspecified atom stereocenters. The first-order valence-electron chi connectivity index (χ1n) is 3.25. The van der Waals surface area contributed by atoms with E-state index in [4.69, 9.17) is 15.8 Å². The van der Waals surface area contributed by atoms with E-state index in [1.807, 2.05) is 0 Å². The SMILES string of the molecule is Cl.NCc1cc(B(O)O)ccn1. The molecule has 12 heavy (non-hydrogen) atoms. The third-order valence-corrected chi connectivity index (χ3v) is 1.35. The molecule has 66 valence electrons. The summed E-state index contributed by atoms with van der Waals surface area (Å²) in [7, 11) is -1.44. The van der Waals surface area contributed by atoms with E-state index in [1.165, 1.54) is 12.3 Å². The van der Waals surface area contributed by atoms with E-state index in [2.05, 4.69) is 4.98 Å². The molecule has 4 nitrogen and oxygen atoms in total. The van der Waals surface area contributed by atoms with Crippen molar-refractivity contribution in [2.24, 2.45) is 5.73 Å². The van der Waals surface area contributed by atoms with Crippen molar-refractivity contribution >= 4 is 25.0 Å². The third kappa shape index (κ3) is 2.79. The number of hydrogen-bond donors (Lipinski definition) is 3. The van der Waals surface area contributed by atoms with Crippen LogP contribution < -0.4 is 11.2 Å². The van der Waals surface area contributed by atoms with Crippen molar-refractivity contribution in [1.29, 1.82) is 0 Å². The molecule has 0 fully saturated rings. The molecule has 4 N–H and O–H groups in total. The van der Waals surface area contributed by atoms with Crippen molar-refractivity contribution in [3.05, 3.63) is 24.0 Å².